The van der Waals surface area contributed by atoms with Gasteiger partial charge in [0.2, 0.25) is 0 Å². The summed E-state index contributed by atoms with van der Waals surface area (Å²) in [5.41, 5.74) is 2.83. The second-order valence-corrected chi connectivity index (χ2v) is 3.87. The second kappa shape index (κ2) is 3.70. The van der Waals surface area contributed by atoms with E-state index in [0.717, 1.165) is 5.92 Å². The first kappa shape index (κ1) is 9.66. The number of nitrogens with zero attached hydrogens (tertiary/aromatic N) is 2. The number of aromatic nitrogens is 1. The molecule has 2 unspecified atom stereocenters. The molecule has 2 bridgehead atoms. The fourth-order valence-electron chi connectivity index (χ4n) is 2.60. The van der Waals surface area contributed by atoms with Gasteiger partial charge in [-0.15, -0.1) is 0 Å². The van der Waals surface area contributed by atoms with Crippen LogP contribution >= 0.6 is 0 Å². The fourth-order valence-corrected chi connectivity index (χ4v) is 2.60. The molecule has 0 saturated carbocycles. The van der Waals surface area contributed by atoms with Gasteiger partial charge in [0.25, 0.3) is 0 Å². The molecule has 0 aromatic carbocycles. The minimum atomic E-state index is 0.617. The molecule has 0 amide bonds. The van der Waals surface area contributed by atoms with Crippen LogP contribution in [0.2, 0.25) is 0 Å². The molecule has 2 heteroatoms. The summed E-state index contributed by atoms with van der Waals surface area (Å²) in [4.78, 5) is 6.87. The largest absolute Gasteiger partial charge is 0.297 e. The number of likely N-dealkylation sites (tertiary alicyclic amines) is 1. The Labute approximate surface area is 86.0 Å². The first-order valence-electron chi connectivity index (χ1n) is 5.51. The van der Waals surface area contributed by atoms with E-state index < -0.39 is 0 Å². The van der Waals surface area contributed by atoms with E-state index >= 15 is 0 Å². The van der Waals surface area contributed by atoms with Crippen molar-refractivity contribution in [2.45, 2.75) is 32.2 Å². The van der Waals surface area contributed by atoms with Gasteiger partial charge in [-0.1, -0.05) is 19.9 Å². The molecule has 3 rings (SSSR count). The Morgan fingerprint density at radius 2 is 2.21 bits per heavy atom. The van der Waals surface area contributed by atoms with Gasteiger partial charge in [-0.3, -0.25) is 9.88 Å². The first-order chi connectivity index (χ1) is 6.86. The van der Waals surface area contributed by atoms with Crippen LogP contribution in [0.3, 0.4) is 0 Å². The molecule has 0 N–H and O–H groups in total. The molecule has 1 aliphatic heterocycles. The average Bonchev–Trinajstić information content (AvgIpc) is 2.79. The Kier molecular flexibility index (Phi) is 2.55. The minimum Gasteiger partial charge on any atom is -0.297 e. The molecule has 1 aromatic rings. The third-order valence-corrected chi connectivity index (χ3v) is 3.17. The molecule has 2 heterocycles. The summed E-state index contributed by atoms with van der Waals surface area (Å²) in [6.07, 6.45) is 3.20. The Morgan fingerprint density at radius 1 is 1.43 bits per heavy atom. The summed E-state index contributed by atoms with van der Waals surface area (Å²) in [6, 6.07) is 4.91. The SMILES string of the molecule is CC.CN1CC2CC1c1ncccc12. The van der Waals surface area contributed by atoms with Crippen LogP contribution in [0.5, 0.6) is 0 Å². The lowest BCUT2D eigenvalue weighted by Gasteiger charge is -2.23. The molecule has 2 aliphatic rings. The van der Waals surface area contributed by atoms with E-state index in [9.17, 15) is 0 Å². The van der Waals surface area contributed by atoms with Crippen LogP contribution in [0, 0.1) is 0 Å². The Bertz CT molecular complexity index is 322. The maximum atomic E-state index is 4.45. The van der Waals surface area contributed by atoms with Crippen LogP contribution in [0.15, 0.2) is 18.3 Å². The van der Waals surface area contributed by atoms with Crippen molar-refractivity contribution in [2.24, 2.45) is 0 Å². The molecule has 2 nitrogen and oxygen atoms in total. The molecule has 2 atom stereocenters. The fraction of sp³-hybridized carbons (Fsp3) is 0.583. The van der Waals surface area contributed by atoms with Crippen molar-refractivity contribution in [3.05, 3.63) is 29.6 Å². The van der Waals surface area contributed by atoms with Crippen LogP contribution in [-0.2, 0) is 0 Å². The summed E-state index contributed by atoms with van der Waals surface area (Å²) in [7, 11) is 2.20. The van der Waals surface area contributed by atoms with E-state index in [1.54, 1.807) is 0 Å². The van der Waals surface area contributed by atoms with Crippen LogP contribution in [-0.4, -0.2) is 23.5 Å². The van der Waals surface area contributed by atoms with Gasteiger partial charge in [0.15, 0.2) is 0 Å². The van der Waals surface area contributed by atoms with Crippen molar-refractivity contribution in [3.63, 3.8) is 0 Å². The van der Waals surface area contributed by atoms with Gasteiger partial charge in [0.1, 0.15) is 0 Å². The lowest BCUT2D eigenvalue weighted by atomic mass is 10.0. The number of pyridine rings is 1. The highest BCUT2D eigenvalue weighted by Crippen LogP contribution is 2.47. The Balaban J connectivity index is 0.000000354. The zero-order valence-corrected chi connectivity index (χ0v) is 9.20. The topological polar surface area (TPSA) is 16.1 Å². The van der Waals surface area contributed by atoms with E-state index in [2.05, 4.69) is 29.1 Å². The van der Waals surface area contributed by atoms with Crippen molar-refractivity contribution in [2.75, 3.05) is 13.6 Å². The highest BCUT2D eigenvalue weighted by molar-refractivity contribution is 5.35. The predicted octanol–water partition coefficient (Wildman–Crippen LogP) is 2.58. The first-order valence-corrected chi connectivity index (χ1v) is 5.51. The molecule has 1 aliphatic carbocycles. The molecule has 14 heavy (non-hydrogen) atoms. The lowest BCUT2D eigenvalue weighted by molar-refractivity contribution is 0.301. The maximum absolute atomic E-state index is 4.45. The monoisotopic (exact) mass is 190 g/mol. The van der Waals surface area contributed by atoms with Crippen LogP contribution < -0.4 is 0 Å². The second-order valence-electron chi connectivity index (χ2n) is 3.87. The molecule has 76 valence electrons. The molecular weight excluding hydrogens is 172 g/mol. The van der Waals surface area contributed by atoms with Crippen molar-refractivity contribution in [3.8, 4) is 0 Å². The van der Waals surface area contributed by atoms with Crippen molar-refractivity contribution in [1.29, 1.82) is 0 Å². The molecular formula is C12H18N2. The third kappa shape index (κ3) is 1.25. The molecule has 0 spiro atoms. The van der Waals surface area contributed by atoms with E-state index in [-0.39, 0.29) is 0 Å². The van der Waals surface area contributed by atoms with E-state index in [1.807, 2.05) is 20.0 Å². The highest BCUT2D eigenvalue weighted by Gasteiger charge is 2.41. The van der Waals surface area contributed by atoms with Gasteiger partial charge >= 0.3 is 0 Å². The Hall–Kier alpha value is -0.890. The number of likely N-dealkylation sites (N-methyl/N-ethyl adjacent to an activating group) is 1. The third-order valence-electron chi connectivity index (χ3n) is 3.17. The van der Waals surface area contributed by atoms with Crippen molar-refractivity contribution in [1.82, 2.24) is 9.88 Å². The number of hydrogen-bond acceptors (Lipinski definition) is 2. The average molecular weight is 190 g/mol. The zero-order valence-electron chi connectivity index (χ0n) is 9.20. The number of hydrogen-bond donors (Lipinski definition) is 0. The maximum Gasteiger partial charge on any atom is 0.0610 e. The highest BCUT2D eigenvalue weighted by atomic mass is 15.2. The predicted molar refractivity (Wildman–Crippen MR) is 58.3 cm³/mol. The minimum absolute atomic E-state index is 0.617. The van der Waals surface area contributed by atoms with Crippen molar-refractivity contribution < 1.29 is 0 Å². The molecule has 1 aromatic heterocycles. The van der Waals surface area contributed by atoms with Gasteiger partial charge in [-0.05, 0) is 25.1 Å². The van der Waals surface area contributed by atoms with Gasteiger partial charge in [0, 0.05) is 18.7 Å². The molecule has 0 radical (unpaired) electrons. The van der Waals surface area contributed by atoms with Crippen LogP contribution in [0.1, 0.15) is 43.5 Å². The smallest absolute Gasteiger partial charge is 0.0610 e. The summed E-state index contributed by atoms with van der Waals surface area (Å²) in [6.45, 7) is 5.23. The zero-order chi connectivity index (χ0) is 10.1. The number of fused-ring (bicyclic) bond motifs is 5. The van der Waals surface area contributed by atoms with E-state index in [1.165, 1.54) is 24.2 Å². The van der Waals surface area contributed by atoms with Crippen LogP contribution in [0.4, 0.5) is 0 Å². The van der Waals surface area contributed by atoms with Gasteiger partial charge in [-0.25, -0.2) is 0 Å². The summed E-state index contributed by atoms with van der Waals surface area (Å²) < 4.78 is 0. The van der Waals surface area contributed by atoms with Crippen LogP contribution in [0.25, 0.3) is 0 Å². The summed E-state index contributed by atoms with van der Waals surface area (Å²) in [5.74, 6) is 0.767. The van der Waals surface area contributed by atoms with E-state index in [0.29, 0.717) is 6.04 Å². The Morgan fingerprint density at radius 3 is 3.00 bits per heavy atom. The van der Waals surface area contributed by atoms with Gasteiger partial charge in [0.05, 0.1) is 11.7 Å². The van der Waals surface area contributed by atoms with Crippen molar-refractivity contribution >= 4 is 0 Å². The summed E-state index contributed by atoms with van der Waals surface area (Å²) in [5, 5.41) is 0. The standard InChI is InChI=1S/C10H12N2.C2H6/c1-12-6-7-5-9(12)10-8(7)3-2-4-11-10;1-2/h2-4,7,9H,5-6H2,1H3;1-2H3. The molecule has 1 saturated heterocycles. The number of rotatable bonds is 0. The lowest BCUT2D eigenvalue weighted by Crippen LogP contribution is -2.23. The summed E-state index contributed by atoms with van der Waals surface area (Å²) >= 11 is 0. The quantitative estimate of drug-likeness (QED) is 0.625. The van der Waals surface area contributed by atoms with Gasteiger partial charge < -0.3 is 0 Å². The molecule has 1 fully saturated rings. The van der Waals surface area contributed by atoms with Gasteiger partial charge in [-0.2, -0.15) is 0 Å². The van der Waals surface area contributed by atoms with E-state index in [4.69, 9.17) is 0 Å². The normalized spacial score (nSPS) is 28.2.